The van der Waals surface area contributed by atoms with Crippen LogP contribution < -0.4 is 20.1 Å². The zero-order valence-corrected chi connectivity index (χ0v) is 21.4. The van der Waals surface area contributed by atoms with Crippen LogP contribution in [0.25, 0.3) is 5.65 Å². The third-order valence-electron chi connectivity index (χ3n) is 5.73. The number of hydrogen-bond donors (Lipinski definition) is 3. The van der Waals surface area contributed by atoms with E-state index in [1.807, 2.05) is 51.2 Å². The molecular weight excluding hydrogens is 450 g/mol. The van der Waals surface area contributed by atoms with E-state index in [1.54, 1.807) is 4.52 Å². The third kappa shape index (κ3) is 5.67. The maximum absolute atomic E-state index is 12.7. The summed E-state index contributed by atoms with van der Waals surface area (Å²) in [6.07, 6.45) is 3.94. The molecule has 9 nitrogen and oxygen atoms in total. The summed E-state index contributed by atoms with van der Waals surface area (Å²) in [5.74, 6) is 0.823. The highest BCUT2D eigenvalue weighted by Crippen LogP contribution is 2.25. The minimum Gasteiger partial charge on any atom is -0.459 e. The van der Waals surface area contributed by atoms with Crippen LogP contribution in [0.5, 0.6) is 6.01 Å². The Morgan fingerprint density at radius 2 is 2.06 bits per heavy atom. The second-order valence-electron chi connectivity index (χ2n) is 9.90. The Morgan fingerprint density at radius 3 is 2.76 bits per heavy atom. The lowest BCUT2D eigenvalue weighted by atomic mass is 10.1. The SMILES string of the molecule is CC(C)c1cnn2c(NCc3ccccc3NS(=O)C(C)(C)C)nc(OC3CCCNC3)nc12. The van der Waals surface area contributed by atoms with Crippen molar-refractivity contribution in [3.05, 3.63) is 41.6 Å². The Labute approximate surface area is 203 Å². The number of fused-ring (bicyclic) bond motifs is 1. The summed E-state index contributed by atoms with van der Waals surface area (Å²) in [6, 6.07) is 8.19. The first-order chi connectivity index (χ1) is 16.2. The van der Waals surface area contributed by atoms with Gasteiger partial charge in [-0.2, -0.15) is 19.6 Å². The van der Waals surface area contributed by atoms with Crippen molar-refractivity contribution >= 4 is 28.3 Å². The molecule has 10 heteroatoms. The van der Waals surface area contributed by atoms with Crippen LogP contribution in [0, 0.1) is 0 Å². The third-order valence-corrected chi connectivity index (χ3v) is 7.25. The van der Waals surface area contributed by atoms with Crippen LogP contribution >= 0.6 is 0 Å². The Balaban J connectivity index is 1.61. The Bertz CT molecular complexity index is 1150. The van der Waals surface area contributed by atoms with Gasteiger partial charge in [0.05, 0.1) is 16.6 Å². The van der Waals surface area contributed by atoms with Gasteiger partial charge >= 0.3 is 6.01 Å². The number of para-hydroxylation sites is 1. The molecular formula is C24H35N7O2S. The number of aromatic nitrogens is 4. The molecule has 1 fully saturated rings. The van der Waals surface area contributed by atoms with E-state index in [2.05, 4.69) is 39.3 Å². The van der Waals surface area contributed by atoms with Crippen LogP contribution in [-0.4, -0.2) is 47.7 Å². The van der Waals surface area contributed by atoms with Gasteiger partial charge in [0.1, 0.15) is 17.1 Å². The first-order valence-electron chi connectivity index (χ1n) is 11.9. The summed E-state index contributed by atoms with van der Waals surface area (Å²) < 4.78 is 23.3. The molecule has 0 aliphatic carbocycles. The fourth-order valence-electron chi connectivity index (χ4n) is 3.72. The largest absolute Gasteiger partial charge is 0.459 e. The van der Waals surface area contributed by atoms with Crippen molar-refractivity contribution in [1.29, 1.82) is 0 Å². The van der Waals surface area contributed by atoms with Gasteiger partial charge in [-0.15, -0.1) is 0 Å². The monoisotopic (exact) mass is 485 g/mol. The smallest absolute Gasteiger partial charge is 0.322 e. The zero-order valence-electron chi connectivity index (χ0n) is 20.6. The summed E-state index contributed by atoms with van der Waals surface area (Å²) in [7, 11) is -1.23. The molecule has 0 amide bonds. The lowest BCUT2D eigenvalue weighted by Gasteiger charge is -2.23. The second-order valence-corrected chi connectivity index (χ2v) is 11.9. The van der Waals surface area contributed by atoms with E-state index in [1.165, 1.54) is 0 Å². The molecule has 3 aromatic rings. The predicted octanol–water partition coefficient (Wildman–Crippen LogP) is 3.86. The van der Waals surface area contributed by atoms with Gasteiger partial charge in [0.2, 0.25) is 5.95 Å². The van der Waals surface area contributed by atoms with E-state index in [0.29, 0.717) is 18.5 Å². The molecule has 3 N–H and O–H groups in total. The summed E-state index contributed by atoms with van der Waals surface area (Å²) in [5, 5.41) is 11.3. The highest BCUT2D eigenvalue weighted by atomic mass is 32.2. The minimum absolute atomic E-state index is 0.0479. The van der Waals surface area contributed by atoms with Gasteiger partial charge in [0, 0.05) is 18.7 Å². The van der Waals surface area contributed by atoms with Crippen molar-refractivity contribution in [3.8, 4) is 6.01 Å². The lowest BCUT2D eigenvalue weighted by molar-refractivity contribution is 0.153. The van der Waals surface area contributed by atoms with Crippen molar-refractivity contribution in [3.63, 3.8) is 0 Å². The predicted molar refractivity (Wildman–Crippen MR) is 137 cm³/mol. The quantitative estimate of drug-likeness (QED) is 0.445. The number of ether oxygens (including phenoxy) is 1. The molecule has 1 saturated heterocycles. The average molecular weight is 486 g/mol. The fourth-order valence-corrected chi connectivity index (χ4v) is 4.43. The van der Waals surface area contributed by atoms with Crippen molar-refractivity contribution in [2.75, 3.05) is 23.1 Å². The van der Waals surface area contributed by atoms with Crippen LogP contribution in [0.3, 0.4) is 0 Å². The highest BCUT2D eigenvalue weighted by Gasteiger charge is 2.22. The van der Waals surface area contributed by atoms with Gasteiger partial charge in [-0.3, -0.25) is 0 Å². The summed E-state index contributed by atoms with van der Waals surface area (Å²) in [6.45, 7) is 12.4. The first-order valence-corrected chi connectivity index (χ1v) is 13.0. The maximum atomic E-state index is 12.7. The standard InChI is InChI=1S/C24H35N7O2S/c1-16(2)19-15-27-31-21(19)28-23(33-18-10-8-12-25-14-18)29-22(31)26-13-17-9-6-7-11-20(17)30-34(32)24(3,4)5/h6-7,9,11,15-16,18,25,30H,8,10,12-14H2,1-5H3,(H,26,28,29). The number of piperidine rings is 1. The molecule has 4 rings (SSSR count). The van der Waals surface area contributed by atoms with Crippen molar-refractivity contribution < 1.29 is 8.95 Å². The fraction of sp³-hybridized carbons (Fsp3) is 0.542. The molecule has 2 aromatic heterocycles. The van der Waals surface area contributed by atoms with E-state index in [9.17, 15) is 4.21 Å². The molecule has 0 bridgehead atoms. The number of rotatable bonds is 8. The molecule has 2 atom stereocenters. The summed E-state index contributed by atoms with van der Waals surface area (Å²) in [4.78, 5) is 9.36. The molecule has 0 radical (unpaired) electrons. The van der Waals surface area contributed by atoms with Gasteiger partial charge in [-0.25, -0.2) is 4.21 Å². The second kappa shape index (κ2) is 10.3. The van der Waals surface area contributed by atoms with Crippen molar-refractivity contribution in [2.45, 2.75) is 70.8 Å². The Morgan fingerprint density at radius 1 is 1.26 bits per heavy atom. The van der Waals surface area contributed by atoms with E-state index in [-0.39, 0.29) is 16.8 Å². The number of nitrogens with one attached hydrogen (secondary N) is 3. The van der Waals surface area contributed by atoms with E-state index in [0.717, 1.165) is 48.4 Å². The maximum Gasteiger partial charge on any atom is 0.322 e. The van der Waals surface area contributed by atoms with Gasteiger partial charge in [-0.05, 0) is 57.7 Å². The first kappa shape index (κ1) is 24.4. The van der Waals surface area contributed by atoms with Crippen molar-refractivity contribution in [2.24, 2.45) is 0 Å². The highest BCUT2D eigenvalue weighted by molar-refractivity contribution is 7.87. The van der Waals surface area contributed by atoms with Crippen LogP contribution in [-0.2, 0) is 17.5 Å². The van der Waals surface area contributed by atoms with Gasteiger partial charge in [0.15, 0.2) is 5.65 Å². The zero-order chi connectivity index (χ0) is 24.3. The van der Waals surface area contributed by atoms with E-state index >= 15 is 0 Å². The Hall–Kier alpha value is -2.72. The van der Waals surface area contributed by atoms with Gasteiger partial charge in [0.25, 0.3) is 0 Å². The van der Waals surface area contributed by atoms with Gasteiger partial charge in [-0.1, -0.05) is 32.0 Å². The van der Waals surface area contributed by atoms with Crippen molar-refractivity contribution in [1.82, 2.24) is 24.9 Å². The Kier molecular flexibility index (Phi) is 7.37. The summed E-state index contributed by atoms with van der Waals surface area (Å²) >= 11 is 0. The van der Waals surface area contributed by atoms with E-state index < -0.39 is 11.0 Å². The average Bonchev–Trinajstić information content (AvgIpc) is 3.23. The molecule has 1 aliphatic heterocycles. The molecule has 2 unspecified atom stereocenters. The van der Waals surface area contributed by atoms with Crippen LogP contribution in [0.1, 0.15) is 64.5 Å². The molecule has 1 aromatic carbocycles. The topological polar surface area (TPSA) is 105 Å². The lowest BCUT2D eigenvalue weighted by Crippen LogP contribution is -2.37. The molecule has 3 heterocycles. The molecule has 184 valence electrons. The van der Waals surface area contributed by atoms with Gasteiger partial charge < -0.3 is 20.1 Å². The number of anilines is 2. The minimum atomic E-state index is -1.23. The number of nitrogens with zero attached hydrogens (tertiary/aromatic N) is 4. The van der Waals surface area contributed by atoms with Crippen LogP contribution in [0.2, 0.25) is 0 Å². The molecule has 0 saturated carbocycles. The molecule has 34 heavy (non-hydrogen) atoms. The number of hydrogen-bond acceptors (Lipinski definition) is 7. The van der Waals surface area contributed by atoms with Crippen LogP contribution in [0.15, 0.2) is 30.5 Å². The summed E-state index contributed by atoms with van der Waals surface area (Å²) in [5.41, 5.74) is 3.58. The molecule has 1 aliphatic rings. The van der Waals surface area contributed by atoms with E-state index in [4.69, 9.17) is 9.72 Å². The normalized spacial score (nSPS) is 17.6. The molecule has 0 spiro atoms. The number of benzene rings is 1. The van der Waals surface area contributed by atoms with Crippen LogP contribution in [0.4, 0.5) is 11.6 Å².